The molecular formula is C26H29ClF3N5O4. The summed E-state index contributed by atoms with van der Waals surface area (Å²) in [5, 5.41) is 5.21. The highest BCUT2D eigenvalue weighted by atomic mass is 35.5. The average Bonchev–Trinajstić information content (AvgIpc) is 3.13. The van der Waals surface area contributed by atoms with E-state index < -0.39 is 30.1 Å². The van der Waals surface area contributed by atoms with Crippen LogP contribution in [0, 0.1) is 0 Å². The van der Waals surface area contributed by atoms with Crippen LogP contribution in [0.1, 0.15) is 60.2 Å². The van der Waals surface area contributed by atoms with Crippen molar-refractivity contribution in [3.05, 3.63) is 52.7 Å². The molecule has 0 radical (unpaired) electrons. The Morgan fingerprint density at radius 1 is 1.13 bits per heavy atom. The van der Waals surface area contributed by atoms with E-state index in [1.54, 1.807) is 26.0 Å². The molecule has 2 aliphatic rings. The second-order valence-corrected chi connectivity index (χ2v) is 10.7. The number of halogens is 4. The van der Waals surface area contributed by atoms with E-state index in [0.717, 1.165) is 12.8 Å². The Bertz CT molecular complexity index is 1240. The van der Waals surface area contributed by atoms with E-state index in [9.17, 15) is 27.6 Å². The van der Waals surface area contributed by atoms with Crippen LogP contribution in [-0.4, -0.2) is 59.2 Å². The molecule has 0 aliphatic carbocycles. The molecule has 4 N–H and O–H groups in total. The molecule has 2 aromatic rings. The predicted molar refractivity (Wildman–Crippen MR) is 138 cm³/mol. The monoisotopic (exact) mass is 567 g/mol. The number of benzene rings is 1. The third kappa shape index (κ3) is 6.73. The summed E-state index contributed by atoms with van der Waals surface area (Å²) in [7, 11) is 0. The maximum absolute atomic E-state index is 13.2. The van der Waals surface area contributed by atoms with Crippen molar-refractivity contribution >= 4 is 35.1 Å². The molecule has 3 amide bonds. The van der Waals surface area contributed by atoms with E-state index in [1.807, 2.05) is 5.32 Å². The fourth-order valence-electron chi connectivity index (χ4n) is 5.09. The molecule has 9 nitrogen and oxygen atoms in total. The summed E-state index contributed by atoms with van der Waals surface area (Å²) in [6, 6.07) is 7.57. The third-order valence-electron chi connectivity index (χ3n) is 6.91. The van der Waals surface area contributed by atoms with Crippen molar-refractivity contribution < 1.29 is 32.3 Å². The van der Waals surface area contributed by atoms with Gasteiger partial charge < -0.3 is 26.0 Å². The minimum absolute atomic E-state index is 0.0416. The van der Waals surface area contributed by atoms with Gasteiger partial charge in [0, 0.05) is 29.3 Å². The molecule has 0 spiro atoms. The molecule has 210 valence electrons. The first-order valence-corrected chi connectivity index (χ1v) is 12.8. The Labute approximate surface area is 228 Å². The first-order valence-electron chi connectivity index (χ1n) is 12.4. The van der Waals surface area contributed by atoms with Crippen molar-refractivity contribution in [3.63, 3.8) is 0 Å². The Morgan fingerprint density at radius 3 is 2.36 bits per heavy atom. The molecule has 2 unspecified atom stereocenters. The maximum Gasteiger partial charge on any atom is 0.405 e. The van der Waals surface area contributed by atoms with Crippen molar-refractivity contribution in [1.29, 1.82) is 0 Å². The topological polar surface area (TPSA) is 127 Å². The zero-order valence-electron chi connectivity index (χ0n) is 21.3. The lowest BCUT2D eigenvalue weighted by molar-refractivity contribution is -0.135. The van der Waals surface area contributed by atoms with E-state index in [2.05, 4.69) is 15.2 Å². The Morgan fingerprint density at radius 2 is 1.79 bits per heavy atom. The molecule has 39 heavy (non-hydrogen) atoms. The van der Waals surface area contributed by atoms with E-state index >= 15 is 0 Å². The number of carbonyl (C=O) groups is 3. The third-order valence-corrected chi connectivity index (χ3v) is 7.15. The van der Waals surface area contributed by atoms with Crippen molar-refractivity contribution in [1.82, 2.24) is 15.6 Å². The second kappa shape index (κ2) is 10.9. The average molecular weight is 568 g/mol. The number of piperidine rings is 1. The van der Waals surface area contributed by atoms with Crippen molar-refractivity contribution in [2.75, 3.05) is 11.4 Å². The first kappa shape index (κ1) is 28.5. The van der Waals surface area contributed by atoms with Gasteiger partial charge in [-0.15, -0.1) is 0 Å². The molecule has 13 heteroatoms. The van der Waals surface area contributed by atoms with Gasteiger partial charge in [0.2, 0.25) is 0 Å². The van der Waals surface area contributed by atoms with Gasteiger partial charge in [-0.2, -0.15) is 13.2 Å². The molecule has 0 saturated carbocycles. The summed E-state index contributed by atoms with van der Waals surface area (Å²) >= 11 is 5.96. The number of nitrogens with two attached hydrogens (primary N) is 1. The number of carbonyl (C=O) groups excluding carboxylic acids is 3. The summed E-state index contributed by atoms with van der Waals surface area (Å²) in [6.07, 6.45) is -0.141. The van der Waals surface area contributed by atoms with E-state index in [-0.39, 0.29) is 40.9 Å². The van der Waals surface area contributed by atoms with Crippen molar-refractivity contribution in [2.45, 2.75) is 69.4 Å². The van der Waals surface area contributed by atoms with Crippen LogP contribution in [-0.2, 0) is 4.79 Å². The van der Waals surface area contributed by atoms with Gasteiger partial charge in [0.05, 0.1) is 11.1 Å². The molecule has 4 rings (SSSR count). The van der Waals surface area contributed by atoms with Crippen LogP contribution in [0.3, 0.4) is 0 Å². The standard InChI is InChI=1S/C26H29ClF3N5O4/c1-25(2,39-20-7-4-15(27)9-19(20)22(31)36)24(38)34-16-10-17-5-6-18(11-16)35(17)21-8-3-14(12-32-21)23(37)33-13-26(28,29)30/h3-4,7-9,12,16-18H,5-6,10-11,13H2,1-2H3,(H2,31,36)(H,33,37)(H,34,38). The molecule has 2 atom stereocenters. The van der Waals surface area contributed by atoms with Gasteiger partial charge in [-0.25, -0.2) is 4.98 Å². The quantitative estimate of drug-likeness (QED) is 0.447. The molecular weight excluding hydrogens is 539 g/mol. The van der Waals surface area contributed by atoms with Crippen LogP contribution in [0.2, 0.25) is 5.02 Å². The lowest BCUT2D eigenvalue weighted by Crippen LogP contribution is -2.55. The van der Waals surface area contributed by atoms with Gasteiger partial charge in [0.25, 0.3) is 17.7 Å². The van der Waals surface area contributed by atoms with Crippen LogP contribution in [0.4, 0.5) is 19.0 Å². The van der Waals surface area contributed by atoms with Crippen LogP contribution >= 0.6 is 11.6 Å². The fraction of sp³-hybridized carbons (Fsp3) is 0.462. The Kier molecular flexibility index (Phi) is 7.97. The highest BCUT2D eigenvalue weighted by molar-refractivity contribution is 6.31. The minimum atomic E-state index is -4.49. The number of rotatable bonds is 8. The summed E-state index contributed by atoms with van der Waals surface area (Å²) < 4.78 is 43.0. The number of primary amides is 1. The van der Waals surface area contributed by atoms with Gasteiger partial charge in [-0.1, -0.05) is 11.6 Å². The first-order chi connectivity index (χ1) is 18.2. The van der Waals surface area contributed by atoms with Gasteiger partial charge in [0.1, 0.15) is 18.1 Å². The SMILES string of the molecule is CC(C)(Oc1ccc(Cl)cc1C(N)=O)C(=O)NC1CC2CCC(C1)N2c1ccc(C(=O)NCC(F)(F)F)cn1. The van der Waals surface area contributed by atoms with E-state index in [4.69, 9.17) is 22.1 Å². The molecule has 2 saturated heterocycles. The van der Waals surface area contributed by atoms with Crippen LogP contribution in [0.15, 0.2) is 36.5 Å². The van der Waals surface area contributed by atoms with Crippen LogP contribution in [0.5, 0.6) is 5.75 Å². The fourth-order valence-corrected chi connectivity index (χ4v) is 5.26. The number of aromatic nitrogens is 1. The zero-order chi connectivity index (χ0) is 28.5. The van der Waals surface area contributed by atoms with E-state index in [0.29, 0.717) is 23.7 Å². The highest BCUT2D eigenvalue weighted by Crippen LogP contribution is 2.39. The number of alkyl halides is 3. The summed E-state index contributed by atoms with van der Waals surface area (Å²) in [5.41, 5.74) is 4.24. The number of ether oxygens (including phenoxy) is 1. The van der Waals surface area contributed by atoms with Crippen LogP contribution in [0.25, 0.3) is 0 Å². The molecule has 2 bridgehead atoms. The molecule has 1 aromatic heterocycles. The zero-order valence-corrected chi connectivity index (χ0v) is 22.1. The van der Waals surface area contributed by atoms with Gasteiger partial charge in [0.15, 0.2) is 5.60 Å². The minimum Gasteiger partial charge on any atom is -0.477 e. The lowest BCUT2D eigenvalue weighted by atomic mass is 9.96. The molecule has 1 aromatic carbocycles. The van der Waals surface area contributed by atoms with Crippen molar-refractivity contribution in [3.8, 4) is 5.75 Å². The number of pyridine rings is 1. The highest BCUT2D eigenvalue weighted by Gasteiger charge is 2.43. The summed E-state index contributed by atoms with van der Waals surface area (Å²) in [4.78, 5) is 43.4. The van der Waals surface area contributed by atoms with Gasteiger partial charge in [-0.3, -0.25) is 14.4 Å². The number of fused-ring (bicyclic) bond motifs is 2. The van der Waals surface area contributed by atoms with Gasteiger partial charge in [-0.05, 0) is 69.9 Å². The predicted octanol–water partition coefficient (Wildman–Crippen LogP) is 3.60. The number of hydrogen-bond acceptors (Lipinski definition) is 6. The molecule has 2 fully saturated rings. The number of amides is 3. The Hall–Kier alpha value is -3.54. The lowest BCUT2D eigenvalue weighted by Gasteiger charge is -2.41. The summed E-state index contributed by atoms with van der Waals surface area (Å²) in [5.74, 6) is -1.13. The number of nitrogens with one attached hydrogen (secondary N) is 2. The number of anilines is 1. The second-order valence-electron chi connectivity index (χ2n) is 10.3. The van der Waals surface area contributed by atoms with Crippen molar-refractivity contribution in [2.24, 2.45) is 5.73 Å². The summed E-state index contributed by atoms with van der Waals surface area (Å²) in [6.45, 7) is 1.79. The van der Waals surface area contributed by atoms with Gasteiger partial charge >= 0.3 is 6.18 Å². The van der Waals surface area contributed by atoms with E-state index in [1.165, 1.54) is 24.4 Å². The smallest absolute Gasteiger partial charge is 0.405 e. The number of nitrogens with zero attached hydrogens (tertiary/aromatic N) is 2. The van der Waals surface area contributed by atoms with Crippen LogP contribution < -0.4 is 26.0 Å². The maximum atomic E-state index is 13.2. The normalized spacial score (nSPS) is 20.9. The Balaban J connectivity index is 1.37. The number of hydrogen-bond donors (Lipinski definition) is 3. The molecule has 2 aliphatic heterocycles. The largest absolute Gasteiger partial charge is 0.477 e. The molecule has 3 heterocycles.